The first-order valence-corrected chi connectivity index (χ1v) is 9.53. The van der Waals surface area contributed by atoms with Crippen molar-refractivity contribution in [2.75, 3.05) is 5.32 Å². The van der Waals surface area contributed by atoms with Crippen molar-refractivity contribution in [2.24, 2.45) is 0 Å². The number of hydrogen-bond donors (Lipinski definition) is 2. The lowest BCUT2D eigenvalue weighted by molar-refractivity contribution is -0.116. The van der Waals surface area contributed by atoms with E-state index in [0.29, 0.717) is 5.69 Å². The van der Waals surface area contributed by atoms with Crippen molar-refractivity contribution < 1.29 is 18.4 Å². The van der Waals surface area contributed by atoms with Crippen LogP contribution in [0.2, 0.25) is 0 Å². The molecule has 0 spiro atoms. The molecule has 2 amide bonds. The fraction of sp³-hybridized carbons (Fsp3) is 0.174. The zero-order valence-electron chi connectivity index (χ0n) is 17.0. The summed E-state index contributed by atoms with van der Waals surface area (Å²) < 4.78 is 27.8. The lowest BCUT2D eigenvalue weighted by Crippen LogP contribution is -2.34. The summed E-state index contributed by atoms with van der Waals surface area (Å²) >= 11 is 0. The van der Waals surface area contributed by atoms with Gasteiger partial charge in [0.2, 0.25) is 5.91 Å². The van der Waals surface area contributed by atoms with E-state index in [9.17, 15) is 23.2 Å². The number of pyridine rings is 1. The van der Waals surface area contributed by atoms with Crippen LogP contribution in [0.3, 0.4) is 0 Å². The minimum Gasteiger partial charge on any atom is -0.347 e. The van der Waals surface area contributed by atoms with Crippen LogP contribution in [0, 0.1) is 25.5 Å². The SMILES string of the molecule is Cc1cc(C)cc(NC(=O)Cn2c(C(=O)NCc3ccc(F)cc3F)cccc2=O)c1. The van der Waals surface area contributed by atoms with Crippen LogP contribution in [0.25, 0.3) is 0 Å². The Morgan fingerprint density at radius 3 is 2.35 bits per heavy atom. The standard InChI is InChI=1S/C23H21F2N3O3/c1-14-8-15(2)10-18(9-14)27-21(29)13-28-20(4-3-5-22(28)30)23(31)26-12-16-6-7-17(24)11-19(16)25/h3-11H,12-13H2,1-2H3,(H,26,31)(H,27,29). The van der Waals surface area contributed by atoms with Crippen LogP contribution in [0.5, 0.6) is 0 Å². The average molecular weight is 425 g/mol. The zero-order valence-corrected chi connectivity index (χ0v) is 17.0. The largest absolute Gasteiger partial charge is 0.347 e. The molecule has 3 rings (SSSR count). The van der Waals surface area contributed by atoms with Crippen LogP contribution >= 0.6 is 0 Å². The highest BCUT2D eigenvalue weighted by Crippen LogP contribution is 2.14. The Morgan fingerprint density at radius 1 is 0.968 bits per heavy atom. The Balaban J connectivity index is 1.75. The van der Waals surface area contributed by atoms with Crippen LogP contribution in [-0.2, 0) is 17.9 Å². The molecule has 0 aliphatic rings. The van der Waals surface area contributed by atoms with Crippen molar-refractivity contribution in [2.45, 2.75) is 26.9 Å². The summed E-state index contributed by atoms with van der Waals surface area (Å²) in [5, 5.41) is 5.21. The zero-order chi connectivity index (χ0) is 22.5. The molecule has 0 unspecified atom stereocenters. The van der Waals surface area contributed by atoms with Crippen molar-refractivity contribution in [1.82, 2.24) is 9.88 Å². The summed E-state index contributed by atoms with van der Waals surface area (Å²) in [6.45, 7) is 3.22. The number of anilines is 1. The van der Waals surface area contributed by atoms with E-state index in [1.165, 1.54) is 24.3 Å². The molecule has 0 bridgehead atoms. The predicted molar refractivity (Wildman–Crippen MR) is 113 cm³/mol. The number of amides is 2. The number of nitrogens with one attached hydrogen (secondary N) is 2. The number of nitrogens with zero attached hydrogens (tertiary/aromatic N) is 1. The van der Waals surface area contributed by atoms with Gasteiger partial charge < -0.3 is 10.6 Å². The first-order valence-electron chi connectivity index (χ1n) is 9.53. The molecule has 1 aromatic heterocycles. The second-order valence-corrected chi connectivity index (χ2v) is 7.18. The first kappa shape index (κ1) is 21.9. The monoisotopic (exact) mass is 425 g/mol. The molecule has 0 aliphatic carbocycles. The molecular formula is C23H21F2N3O3. The highest BCUT2D eigenvalue weighted by atomic mass is 19.1. The van der Waals surface area contributed by atoms with Crippen molar-refractivity contribution in [3.05, 3.63) is 99.0 Å². The molecule has 160 valence electrons. The van der Waals surface area contributed by atoms with E-state index in [0.717, 1.165) is 27.8 Å². The van der Waals surface area contributed by atoms with Gasteiger partial charge in [-0.15, -0.1) is 0 Å². The molecule has 0 fully saturated rings. The lowest BCUT2D eigenvalue weighted by atomic mass is 10.1. The smallest absolute Gasteiger partial charge is 0.268 e. The number of hydrogen-bond acceptors (Lipinski definition) is 3. The maximum atomic E-state index is 13.8. The third kappa shape index (κ3) is 5.63. The number of benzene rings is 2. The van der Waals surface area contributed by atoms with Crippen LogP contribution < -0.4 is 16.2 Å². The van der Waals surface area contributed by atoms with Gasteiger partial charge >= 0.3 is 0 Å². The molecule has 0 atom stereocenters. The Hall–Kier alpha value is -3.81. The summed E-state index contributed by atoms with van der Waals surface area (Å²) in [5.41, 5.74) is 2.04. The topological polar surface area (TPSA) is 80.2 Å². The van der Waals surface area contributed by atoms with Gasteiger partial charge in [0.05, 0.1) is 0 Å². The second-order valence-electron chi connectivity index (χ2n) is 7.18. The van der Waals surface area contributed by atoms with E-state index < -0.39 is 29.0 Å². The third-order valence-electron chi connectivity index (χ3n) is 4.54. The van der Waals surface area contributed by atoms with Crippen molar-refractivity contribution in [1.29, 1.82) is 0 Å². The van der Waals surface area contributed by atoms with Gasteiger partial charge in [-0.25, -0.2) is 8.78 Å². The first-order chi connectivity index (χ1) is 14.7. The molecule has 31 heavy (non-hydrogen) atoms. The van der Waals surface area contributed by atoms with E-state index in [4.69, 9.17) is 0 Å². The Bertz CT molecular complexity index is 1180. The molecule has 2 N–H and O–H groups in total. The fourth-order valence-electron chi connectivity index (χ4n) is 3.20. The molecule has 0 aliphatic heterocycles. The van der Waals surface area contributed by atoms with Gasteiger partial charge in [0.15, 0.2) is 0 Å². The number of carbonyl (C=O) groups is 2. The van der Waals surface area contributed by atoms with Gasteiger partial charge in [0.25, 0.3) is 11.5 Å². The lowest BCUT2D eigenvalue weighted by Gasteiger charge is -2.13. The number of halogens is 2. The second kappa shape index (κ2) is 9.34. The van der Waals surface area contributed by atoms with Gasteiger partial charge in [-0.1, -0.05) is 18.2 Å². The molecule has 0 saturated carbocycles. The minimum absolute atomic E-state index is 0.0504. The summed E-state index contributed by atoms with van der Waals surface area (Å²) in [6, 6.07) is 12.6. The van der Waals surface area contributed by atoms with Crippen LogP contribution in [0.15, 0.2) is 59.4 Å². The summed E-state index contributed by atoms with van der Waals surface area (Å²) in [4.78, 5) is 37.4. The third-order valence-corrected chi connectivity index (χ3v) is 4.54. The number of aromatic nitrogens is 1. The molecule has 2 aromatic carbocycles. The summed E-state index contributed by atoms with van der Waals surface area (Å²) in [5.74, 6) is -2.66. The van der Waals surface area contributed by atoms with Crippen LogP contribution in [0.1, 0.15) is 27.2 Å². The van der Waals surface area contributed by atoms with Gasteiger partial charge in [-0.05, 0) is 49.2 Å². The fourth-order valence-corrected chi connectivity index (χ4v) is 3.20. The van der Waals surface area contributed by atoms with E-state index in [-0.39, 0.29) is 24.3 Å². The van der Waals surface area contributed by atoms with E-state index in [1.807, 2.05) is 19.9 Å². The highest BCUT2D eigenvalue weighted by molar-refractivity contribution is 5.94. The molecule has 8 heteroatoms. The molecule has 6 nitrogen and oxygen atoms in total. The normalized spacial score (nSPS) is 10.6. The van der Waals surface area contributed by atoms with Crippen molar-refractivity contribution >= 4 is 17.5 Å². The predicted octanol–water partition coefficient (Wildman–Crippen LogP) is 3.31. The Labute approximate surface area is 177 Å². The van der Waals surface area contributed by atoms with E-state index >= 15 is 0 Å². The Morgan fingerprint density at radius 2 is 1.68 bits per heavy atom. The maximum absolute atomic E-state index is 13.8. The van der Waals surface area contributed by atoms with E-state index in [1.54, 1.807) is 12.1 Å². The van der Waals surface area contributed by atoms with Gasteiger partial charge in [-0.2, -0.15) is 0 Å². The summed E-state index contributed by atoms with van der Waals surface area (Å²) in [6.07, 6.45) is 0. The number of aryl methyl sites for hydroxylation is 2. The summed E-state index contributed by atoms with van der Waals surface area (Å²) in [7, 11) is 0. The quantitative estimate of drug-likeness (QED) is 0.636. The highest BCUT2D eigenvalue weighted by Gasteiger charge is 2.16. The Kier molecular flexibility index (Phi) is 6.59. The number of rotatable bonds is 6. The van der Waals surface area contributed by atoms with Gasteiger partial charge in [0, 0.05) is 29.9 Å². The molecule has 1 heterocycles. The van der Waals surface area contributed by atoms with Crippen LogP contribution in [-0.4, -0.2) is 16.4 Å². The minimum atomic E-state index is -0.793. The number of carbonyl (C=O) groups excluding carboxylic acids is 2. The van der Waals surface area contributed by atoms with Crippen molar-refractivity contribution in [3.8, 4) is 0 Å². The van der Waals surface area contributed by atoms with Crippen molar-refractivity contribution in [3.63, 3.8) is 0 Å². The van der Waals surface area contributed by atoms with E-state index in [2.05, 4.69) is 10.6 Å². The molecule has 0 radical (unpaired) electrons. The maximum Gasteiger partial charge on any atom is 0.268 e. The van der Waals surface area contributed by atoms with Gasteiger partial charge in [0.1, 0.15) is 23.9 Å². The molecule has 0 saturated heterocycles. The average Bonchev–Trinajstić information content (AvgIpc) is 2.67. The van der Waals surface area contributed by atoms with Crippen LogP contribution in [0.4, 0.5) is 14.5 Å². The molecule has 3 aromatic rings. The van der Waals surface area contributed by atoms with Gasteiger partial charge in [-0.3, -0.25) is 19.0 Å². The molecular weight excluding hydrogens is 404 g/mol.